The van der Waals surface area contributed by atoms with Gasteiger partial charge in [-0.2, -0.15) is 0 Å². The maximum atomic E-state index is 12.7. The largest absolute Gasteiger partial charge is 0.399 e. The van der Waals surface area contributed by atoms with Crippen molar-refractivity contribution in [1.82, 2.24) is 9.97 Å². The Hall–Kier alpha value is -2.43. The number of hydrogen-bond acceptors (Lipinski definition) is 4. The molecule has 0 bridgehead atoms. The van der Waals surface area contributed by atoms with Crippen molar-refractivity contribution in [3.63, 3.8) is 0 Å². The molecule has 0 aliphatic heterocycles. The molecule has 0 unspecified atom stereocenters. The van der Waals surface area contributed by atoms with E-state index in [0.29, 0.717) is 24.1 Å². The molecular formula is C25H34N4O. The first-order valence-electron chi connectivity index (χ1n) is 11.7. The van der Waals surface area contributed by atoms with Crippen molar-refractivity contribution >= 4 is 17.4 Å². The third-order valence-corrected chi connectivity index (χ3v) is 6.71. The molecule has 3 N–H and O–H groups in total. The van der Waals surface area contributed by atoms with Gasteiger partial charge >= 0.3 is 0 Å². The van der Waals surface area contributed by atoms with Crippen LogP contribution in [0, 0.1) is 11.8 Å². The maximum absolute atomic E-state index is 12.7. The number of carbonyl (C=O) groups is 1. The van der Waals surface area contributed by atoms with Crippen LogP contribution in [0.2, 0.25) is 0 Å². The Morgan fingerprint density at radius 1 is 0.933 bits per heavy atom. The molecule has 160 valence electrons. The van der Waals surface area contributed by atoms with E-state index in [1.54, 1.807) is 6.20 Å². The SMILES string of the molecule is Nc1ccc(-c2cnc(NC(=O)CC3CCCCC3)c(CC3CCCCC3)n2)cc1. The summed E-state index contributed by atoms with van der Waals surface area (Å²) in [6.45, 7) is 0. The highest BCUT2D eigenvalue weighted by atomic mass is 16.1. The number of aromatic nitrogens is 2. The van der Waals surface area contributed by atoms with Crippen molar-refractivity contribution in [2.24, 2.45) is 11.8 Å². The Morgan fingerprint density at radius 2 is 1.57 bits per heavy atom. The zero-order chi connectivity index (χ0) is 20.8. The van der Waals surface area contributed by atoms with E-state index >= 15 is 0 Å². The second kappa shape index (κ2) is 10.1. The highest BCUT2D eigenvalue weighted by Gasteiger charge is 2.21. The third kappa shape index (κ3) is 5.59. The standard InChI is InChI=1S/C25H34N4O/c26-21-13-11-20(12-14-21)23-17-27-25(22(28-23)15-18-7-3-1-4-8-18)29-24(30)16-19-9-5-2-6-10-19/h11-14,17-19H,1-10,15-16,26H2,(H,27,29,30). The second-order valence-electron chi connectivity index (χ2n) is 9.14. The summed E-state index contributed by atoms with van der Waals surface area (Å²) in [5.41, 5.74) is 9.33. The van der Waals surface area contributed by atoms with E-state index in [-0.39, 0.29) is 5.91 Å². The van der Waals surface area contributed by atoms with E-state index in [1.807, 2.05) is 24.3 Å². The zero-order valence-electron chi connectivity index (χ0n) is 17.9. The van der Waals surface area contributed by atoms with Crippen LogP contribution in [0.3, 0.4) is 0 Å². The van der Waals surface area contributed by atoms with Gasteiger partial charge in [0.25, 0.3) is 0 Å². The van der Waals surface area contributed by atoms with Crippen molar-refractivity contribution in [2.45, 2.75) is 77.0 Å². The fraction of sp³-hybridized carbons (Fsp3) is 0.560. The molecule has 2 aliphatic carbocycles. The summed E-state index contributed by atoms with van der Waals surface area (Å²) in [4.78, 5) is 22.3. The van der Waals surface area contributed by atoms with Crippen LogP contribution in [0.15, 0.2) is 30.5 Å². The predicted molar refractivity (Wildman–Crippen MR) is 122 cm³/mol. The number of anilines is 2. The molecular weight excluding hydrogens is 372 g/mol. The van der Waals surface area contributed by atoms with Crippen LogP contribution in [0.1, 0.15) is 76.3 Å². The van der Waals surface area contributed by atoms with Crippen LogP contribution in [0.5, 0.6) is 0 Å². The molecule has 4 rings (SSSR count). The highest BCUT2D eigenvalue weighted by molar-refractivity contribution is 5.90. The molecule has 30 heavy (non-hydrogen) atoms. The molecule has 1 heterocycles. The topological polar surface area (TPSA) is 80.9 Å². The minimum Gasteiger partial charge on any atom is -0.399 e. The minimum atomic E-state index is 0.0846. The first kappa shape index (κ1) is 20.8. The third-order valence-electron chi connectivity index (χ3n) is 6.71. The molecule has 0 radical (unpaired) electrons. The second-order valence-corrected chi connectivity index (χ2v) is 9.14. The van der Waals surface area contributed by atoms with Crippen molar-refractivity contribution in [1.29, 1.82) is 0 Å². The summed E-state index contributed by atoms with van der Waals surface area (Å²) >= 11 is 0. The van der Waals surface area contributed by atoms with Gasteiger partial charge in [0.2, 0.25) is 5.91 Å². The van der Waals surface area contributed by atoms with Crippen molar-refractivity contribution < 1.29 is 4.79 Å². The molecule has 1 aromatic carbocycles. The fourth-order valence-electron chi connectivity index (χ4n) is 4.97. The van der Waals surface area contributed by atoms with E-state index in [1.165, 1.54) is 64.2 Å². The van der Waals surface area contributed by atoms with Gasteiger partial charge in [-0.3, -0.25) is 4.79 Å². The van der Waals surface area contributed by atoms with Crippen molar-refractivity contribution in [2.75, 3.05) is 11.1 Å². The predicted octanol–water partition coefficient (Wildman–Crippen LogP) is 5.76. The Balaban J connectivity index is 1.52. The molecule has 1 amide bonds. The highest BCUT2D eigenvalue weighted by Crippen LogP contribution is 2.30. The summed E-state index contributed by atoms with van der Waals surface area (Å²) in [5, 5.41) is 3.10. The summed E-state index contributed by atoms with van der Waals surface area (Å²) < 4.78 is 0. The molecule has 0 spiro atoms. The molecule has 2 aliphatic rings. The van der Waals surface area contributed by atoms with Gasteiger partial charge in [-0.15, -0.1) is 0 Å². The normalized spacial score (nSPS) is 18.3. The number of nitrogens with zero attached hydrogens (tertiary/aromatic N) is 2. The van der Waals surface area contributed by atoms with Crippen LogP contribution in [0.4, 0.5) is 11.5 Å². The smallest absolute Gasteiger partial charge is 0.225 e. The zero-order valence-corrected chi connectivity index (χ0v) is 17.9. The Bertz CT molecular complexity index is 837. The number of nitrogens with two attached hydrogens (primary N) is 1. The van der Waals surface area contributed by atoms with Gasteiger partial charge in [0.05, 0.1) is 17.6 Å². The molecule has 2 fully saturated rings. The number of nitrogens with one attached hydrogen (secondary N) is 1. The molecule has 5 nitrogen and oxygen atoms in total. The van der Waals surface area contributed by atoms with Gasteiger partial charge in [-0.05, 0) is 43.2 Å². The lowest BCUT2D eigenvalue weighted by Gasteiger charge is -2.23. The van der Waals surface area contributed by atoms with Gasteiger partial charge < -0.3 is 11.1 Å². The van der Waals surface area contributed by atoms with Crippen LogP contribution in [0.25, 0.3) is 11.3 Å². The Labute approximate surface area is 179 Å². The quantitative estimate of drug-likeness (QED) is 0.598. The summed E-state index contributed by atoms with van der Waals surface area (Å²) in [5.74, 6) is 1.88. The molecule has 2 aromatic rings. The van der Waals surface area contributed by atoms with Gasteiger partial charge in [0, 0.05) is 17.7 Å². The van der Waals surface area contributed by atoms with Gasteiger partial charge in [-0.25, -0.2) is 9.97 Å². The van der Waals surface area contributed by atoms with Crippen LogP contribution in [-0.4, -0.2) is 15.9 Å². The lowest BCUT2D eigenvalue weighted by molar-refractivity contribution is -0.117. The van der Waals surface area contributed by atoms with E-state index in [4.69, 9.17) is 10.7 Å². The van der Waals surface area contributed by atoms with Gasteiger partial charge in [0.15, 0.2) is 5.82 Å². The van der Waals surface area contributed by atoms with Crippen LogP contribution < -0.4 is 11.1 Å². The summed E-state index contributed by atoms with van der Waals surface area (Å²) in [6.07, 6.45) is 15.8. The monoisotopic (exact) mass is 406 g/mol. The van der Waals surface area contributed by atoms with Gasteiger partial charge in [-0.1, -0.05) is 63.5 Å². The van der Waals surface area contributed by atoms with Crippen molar-refractivity contribution in [3.8, 4) is 11.3 Å². The van der Waals surface area contributed by atoms with E-state index in [0.717, 1.165) is 29.1 Å². The van der Waals surface area contributed by atoms with Gasteiger partial charge in [0.1, 0.15) is 0 Å². The summed E-state index contributed by atoms with van der Waals surface area (Å²) in [7, 11) is 0. The molecule has 1 aromatic heterocycles. The number of amides is 1. The van der Waals surface area contributed by atoms with E-state index in [9.17, 15) is 4.79 Å². The number of hydrogen-bond donors (Lipinski definition) is 2. The number of carbonyl (C=O) groups excluding carboxylic acids is 1. The average Bonchev–Trinajstić information content (AvgIpc) is 2.77. The molecule has 0 atom stereocenters. The minimum absolute atomic E-state index is 0.0846. The lowest BCUT2D eigenvalue weighted by atomic mass is 9.86. The first-order chi connectivity index (χ1) is 14.7. The lowest BCUT2D eigenvalue weighted by Crippen LogP contribution is -2.21. The first-order valence-corrected chi connectivity index (χ1v) is 11.7. The number of nitrogen functional groups attached to an aromatic ring is 1. The maximum Gasteiger partial charge on any atom is 0.225 e. The Kier molecular flexibility index (Phi) is 6.98. The van der Waals surface area contributed by atoms with E-state index in [2.05, 4.69) is 10.3 Å². The number of benzene rings is 1. The van der Waals surface area contributed by atoms with Crippen LogP contribution in [-0.2, 0) is 11.2 Å². The average molecular weight is 407 g/mol. The van der Waals surface area contributed by atoms with E-state index < -0.39 is 0 Å². The molecule has 5 heteroatoms. The van der Waals surface area contributed by atoms with Crippen LogP contribution >= 0.6 is 0 Å². The molecule has 0 saturated heterocycles. The summed E-state index contributed by atoms with van der Waals surface area (Å²) in [6, 6.07) is 7.73. The van der Waals surface area contributed by atoms with Crippen molar-refractivity contribution in [3.05, 3.63) is 36.2 Å². The fourth-order valence-corrected chi connectivity index (χ4v) is 4.97. The number of rotatable bonds is 6. The Morgan fingerprint density at radius 3 is 2.23 bits per heavy atom. The molecule has 2 saturated carbocycles.